The van der Waals surface area contributed by atoms with E-state index in [1.54, 1.807) is 0 Å². The van der Waals surface area contributed by atoms with Crippen LogP contribution in [-0.2, 0) is 4.79 Å². The van der Waals surface area contributed by atoms with Gasteiger partial charge in [0.25, 0.3) is 0 Å². The maximum Gasteiger partial charge on any atom is 0.231 e. The van der Waals surface area contributed by atoms with Gasteiger partial charge in [0.2, 0.25) is 5.91 Å². The van der Waals surface area contributed by atoms with Crippen LogP contribution in [0.3, 0.4) is 0 Å². The molecule has 0 bridgehead atoms. The molecule has 0 aliphatic rings. The van der Waals surface area contributed by atoms with Gasteiger partial charge in [-0.15, -0.1) is 0 Å². The number of hydrogen-bond donors (Lipinski definition) is 2. The first-order valence-electron chi connectivity index (χ1n) is 1.25. The zero-order valence-electron chi connectivity index (χ0n) is 4.27. The lowest BCUT2D eigenvalue weighted by Gasteiger charge is -1.74. The number of hydrogen-bond acceptors (Lipinski definition) is 2. The summed E-state index contributed by atoms with van der Waals surface area (Å²) < 4.78 is 0. The quantitative estimate of drug-likeness (QED) is 0.367. The molecule has 0 unspecified atom stereocenters. The molecule has 0 heterocycles. The van der Waals surface area contributed by atoms with Crippen LogP contribution in [0, 0.1) is 0 Å². The Labute approximate surface area is 46.4 Å². The van der Waals surface area contributed by atoms with Crippen LogP contribution in [0.4, 0.5) is 0 Å². The van der Waals surface area contributed by atoms with E-state index in [0.29, 0.717) is 0 Å². The normalized spacial score (nSPS) is 4.62. The summed E-state index contributed by atoms with van der Waals surface area (Å²) in [5.74, 6) is -0.468. The second-order valence-electron chi connectivity index (χ2n) is 0.670. The summed E-state index contributed by atoms with van der Waals surface area (Å²) in [6.45, 7) is -0.0556. The maximum atomic E-state index is 9.47. The molecule has 0 aromatic heterocycles. The standard InChI is InChI=1S/C2H6N2O.3H2O/c3-1-2(4)5;;;/h1,3H2,(H2,4,5);3*1H2. The van der Waals surface area contributed by atoms with Crippen LogP contribution in [0.5, 0.6) is 0 Å². The summed E-state index contributed by atoms with van der Waals surface area (Å²) in [7, 11) is 0. The van der Waals surface area contributed by atoms with Crippen LogP contribution in [0.1, 0.15) is 0 Å². The minimum Gasteiger partial charge on any atom is -0.412 e. The van der Waals surface area contributed by atoms with E-state index in [2.05, 4.69) is 5.73 Å². The maximum absolute atomic E-state index is 9.47. The molecule has 0 aromatic carbocycles. The third-order valence-corrected chi connectivity index (χ3v) is 0.201. The monoisotopic (exact) mass is 128 g/mol. The highest BCUT2D eigenvalue weighted by Gasteiger charge is 1.77. The molecule has 6 heteroatoms. The van der Waals surface area contributed by atoms with Gasteiger partial charge in [0, 0.05) is 0 Å². The zero-order chi connectivity index (χ0) is 4.28. The summed E-state index contributed by atoms with van der Waals surface area (Å²) >= 11 is 0. The van der Waals surface area contributed by atoms with Crippen molar-refractivity contribution in [1.29, 1.82) is 0 Å². The van der Waals surface area contributed by atoms with E-state index in [1.165, 1.54) is 0 Å². The summed E-state index contributed by atoms with van der Waals surface area (Å²) in [5, 5.41) is 0. The van der Waals surface area contributed by atoms with Crippen molar-refractivity contribution in [3.8, 4) is 0 Å². The van der Waals surface area contributed by atoms with E-state index in [9.17, 15) is 4.79 Å². The molecule has 0 radical (unpaired) electrons. The van der Waals surface area contributed by atoms with E-state index < -0.39 is 5.91 Å². The van der Waals surface area contributed by atoms with Crippen LogP contribution in [-0.4, -0.2) is 28.9 Å². The lowest BCUT2D eigenvalue weighted by Crippen LogP contribution is -2.21. The zero-order valence-corrected chi connectivity index (χ0v) is 4.27. The van der Waals surface area contributed by atoms with E-state index >= 15 is 0 Å². The molecule has 8 heavy (non-hydrogen) atoms. The first-order chi connectivity index (χ1) is 2.27. The van der Waals surface area contributed by atoms with Crippen molar-refractivity contribution in [2.45, 2.75) is 0 Å². The number of carbonyl (C=O) groups excluding carboxylic acids is 1. The molecule has 0 aliphatic carbocycles. The van der Waals surface area contributed by atoms with Gasteiger partial charge in [-0.05, 0) is 0 Å². The molecule has 0 rings (SSSR count). The Bertz CT molecular complexity index is 47.3. The molecule has 1 amide bonds. The third-order valence-electron chi connectivity index (χ3n) is 0.201. The predicted molar refractivity (Wildman–Crippen MR) is 29.1 cm³/mol. The fourth-order valence-electron chi connectivity index (χ4n) is 0. The van der Waals surface area contributed by atoms with Crippen molar-refractivity contribution in [2.75, 3.05) is 6.54 Å². The first kappa shape index (κ1) is 26.6. The fourth-order valence-corrected chi connectivity index (χ4v) is 0. The van der Waals surface area contributed by atoms with Crippen molar-refractivity contribution in [2.24, 2.45) is 11.5 Å². The average molecular weight is 128 g/mol. The highest BCUT2D eigenvalue weighted by Crippen LogP contribution is 1.36. The highest BCUT2D eigenvalue weighted by atomic mass is 16.1. The molecular weight excluding hydrogens is 116 g/mol. The summed E-state index contributed by atoms with van der Waals surface area (Å²) in [4.78, 5) is 9.47. The molecule has 6 nitrogen and oxygen atoms in total. The molecule has 54 valence electrons. The largest absolute Gasteiger partial charge is 0.412 e. The minimum atomic E-state index is -0.468. The topological polar surface area (TPSA) is 164 Å². The van der Waals surface area contributed by atoms with E-state index in [0.717, 1.165) is 0 Å². The lowest BCUT2D eigenvalue weighted by molar-refractivity contribution is -0.116. The summed E-state index contributed by atoms with van der Waals surface area (Å²) in [6.07, 6.45) is 0. The van der Waals surface area contributed by atoms with Gasteiger partial charge >= 0.3 is 0 Å². The number of rotatable bonds is 1. The molecule has 10 N–H and O–H groups in total. The minimum absolute atomic E-state index is 0. The molecule has 0 aliphatic heterocycles. The Kier molecular flexibility index (Phi) is 53.9. The molecule has 0 spiro atoms. The molecular formula is C2H12N2O4. The number of nitrogens with two attached hydrogens (primary N) is 2. The van der Waals surface area contributed by atoms with Gasteiger partial charge in [-0.25, -0.2) is 0 Å². The van der Waals surface area contributed by atoms with Gasteiger partial charge in [0.1, 0.15) is 0 Å². The van der Waals surface area contributed by atoms with Gasteiger partial charge in [-0.2, -0.15) is 0 Å². The average Bonchev–Trinajstić information content (AvgIpc) is 1.38. The molecule has 0 atom stereocenters. The van der Waals surface area contributed by atoms with E-state index in [4.69, 9.17) is 5.73 Å². The first-order valence-corrected chi connectivity index (χ1v) is 1.25. The smallest absolute Gasteiger partial charge is 0.231 e. The second-order valence-corrected chi connectivity index (χ2v) is 0.670. The van der Waals surface area contributed by atoms with Crippen LogP contribution < -0.4 is 11.5 Å². The molecule has 0 saturated carbocycles. The van der Waals surface area contributed by atoms with E-state index in [-0.39, 0.29) is 23.0 Å². The number of amides is 1. The highest BCUT2D eigenvalue weighted by molar-refractivity contribution is 5.75. The summed E-state index contributed by atoms with van der Waals surface area (Å²) in [5.41, 5.74) is 9.22. The van der Waals surface area contributed by atoms with Crippen molar-refractivity contribution in [3.05, 3.63) is 0 Å². The van der Waals surface area contributed by atoms with Gasteiger partial charge in [0.15, 0.2) is 0 Å². The lowest BCUT2D eigenvalue weighted by atomic mass is 10.7. The van der Waals surface area contributed by atoms with Crippen LogP contribution in [0.2, 0.25) is 0 Å². The van der Waals surface area contributed by atoms with Crippen molar-refractivity contribution < 1.29 is 21.2 Å². The van der Waals surface area contributed by atoms with Gasteiger partial charge in [0.05, 0.1) is 6.54 Å². The van der Waals surface area contributed by atoms with Crippen molar-refractivity contribution >= 4 is 5.91 Å². The van der Waals surface area contributed by atoms with Crippen LogP contribution >= 0.6 is 0 Å². The third kappa shape index (κ3) is 57.5. The van der Waals surface area contributed by atoms with Crippen molar-refractivity contribution in [1.82, 2.24) is 0 Å². The van der Waals surface area contributed by atoms with Crippen LogP contribution in [0.25, 0.3) is 0 Å². The number of carbonyl (C=O) groups is 1. The van der Waals surface area contributed by atoms with Crippen LogP contribution in [0.15, 0.2) is 0 Å². The van der Waals surface area contributed by atoms with Gasteiger partial charge in [-0.1, -0.05) is 0 Å². The Morgan fingerprint density at radius 1 is 1.25 bits per heavy atom. The molecule has 0 aromatic rings. The fraction of sp³-hybridized carbons (Fsp3) is 0.500. The molecule has 0 saturated heterocycles. The number of primary amides is 1. The van der Waals surface area contributed by atoms with Gasteiger partial charge in [-0.3, -0.25) is 4.79 Å². The Balaban J connectivity index is -0.0000000267. The summed E-state index contributed by atoms with van der Waals surface area (Å²) in [6, 6.07) is 0. The predicted octanol–water partition coefficient (Wildman–Crippen LogP) is -4.04. The second kappa shape index (κ2) is 16.2. The van der Waals surface area contributed by atoms with E-state index in [1.807, 2.05) is 0 Å². The molecule has 0 fully saturated rings. The Morgan fingerprint density at radius 2 is 1.38 bits per heavy atom. The van der Waals surface area contributed by atoms with Crippen molar-refractivity contribution in [3.63, 3.8) is 0 Å². The Hall–Kier alpha value is -0.690. The SMILES string of the molecule is NCC(N)=O.O.O.O. The van der Waals surface area contributed by atoms with Gasteiger partial charge < -0.3 is 27.9 Å². The Morgan fingerprint density at radius 3 is 1.38 bits per heavy atom.